The number of amides is 1. The highest BCUT2D eigenvalue weighted by Crippen LogP contribution is 2.31. The Bertz CT molecular complexity index is 1320. The first-order valence-corrected chi connectivity index (χ1v) is 12.8. The van der Waals surface area contributed by atoms with E-state index in [1.807, 2.05) is 6.07 Å². The van der Waals surface area contributed by atoms with Crippen LogP contribution in [0.5, 0.6) is 0 Å². The average molecular weight is 498 g/mol. The number of sulfonamides is 1. The van der Waals surface area contributed by atoms with Crippen LogP contribution in [0.25, 0.3) is 10.2 Å². The first kappa shape index (κ1) is 22.5. The molecule has 164 valence electrons. The van der Waals surface area contributed by atoms with Crippen molar-refractivity contribution in [3.63, 3.8) is 0 Å². The summed E-state index contributed by atoms with van der Waals surface area (Å²) < 4.78 is 29.8. The number of carbonyl (C=O) groups is 1. The third-order valence-corrected chi connectivity index (χ3v) is 9.49. The van der Waals surface area contributed by atoms with Gasteiger partial charge in [0.2, 0.25) is 10.0 Å². The second-order valence-corrected chi connectivity index (χ2v) is 11.3. The number of nitrogens with zero attached hydrogens (tertiary/aromatic N) is 3. The van der Waals surface area contributed by atoms with Crippen LogP contribution in [0, 0.1) is 0 Å². The standard InChI is InChI=1S/C21H21Cl2N3O3S2/c1-25-19-17(12-11-16(22)18(19)23)30-21(25)24-20(27)13-7-9-15(10-8-13)31(28,29)26(2)14-5-3-4-6-14/h7-12,14H,3-6H2,1-2H3. The summed E-state index contributed by atoms with van der Waals surface area (Å²) in [6.45, 7) is 0. The quantitative estimate of drug-likeness (QED) is 0.516. The van der Waals surface area contributed by atoms with E-state index in [4.69, 9.17) is 23.2 Å². The number of rotatable bonds is 4. The molecule has 4 rings (SSSR count). The van der Waals surface area contributed by atoms with Crippen molar-refractivity contribution >= 4 is 60.7 Å². The lowest BCUT2D eigenvalue weighted by atomic mass is 10.2. The Morgan fingerprint density at radius 2 is 1.77 bits per heavy atom. The smallest absolute Gasteiger partial charge is 0.279 e. The third kappa shape index (κ3) is 4.19. The monoisotopic (exact) mass is 497 g/mol. The molecule has 1 fully saturated rings. The fourth-order valence-corrected chi connectivity index (χ4v) is 6.77. The number of hydrogen-bond acceptors (Lipinski definition) is 4. The lowest BCUT2D eigenvalue weighted by molar-refractivity contribution is 0.0998. The Labute approximate surface area is 194 Å². The lowest BCUT2D eigenvalue weighted by Gasteiger charge is -2.23. The SMILES string of the molecule is CN(C1CCCC1)S(=O)(=O)c1ccc(C(=O)N=c2sc3ccc(Cl)c(Cl)c3n2C)cc1. The summed E-state index contributed by atoms with van der Waals surface area (Å²) >= 11 is 13.7. The van der Waals surface area contributed by atoms with E-state index in [-0.39, 0.29) is 10.9 Å². The summed E-state index contributed by atoms with van der Waals surface area (Å²) in [5.41, 5.74) is 1.02. The summed E-state index contributed by atoms with van der Waals surface area (Å²) in [5.74, 6) is -0.461. The Kier molecular flexibility index (Phi) is 6.29. The zero-order valence-corrected chi connectivity index (χ0v) is 20.2. The van der Waals surface area contributed by atoms with Crippen LogP contribution in [-0.4, -0.2) is 36.3 Å². The Hall–Kier alpha value is -1.71. The molecule has 1 aromatic heterocycles. The Morgan fingerprint density at radius 1 is 1.13 bits per heavy atom. The largest absolute Gasteiger partial charge is 0.318 e. The Morgan fingerprint density at radius 3 is 2.42 bits per heavy atom. The highest BCUT2D eigenvalue weighted by molar-refractivity contribution is 7.89. The zero-order chi connectivity index (χ0) is 22.3. The maximum atomic E-state index is 12.9. The highest BCUT2D eigenvalue weighted by atomic mass is 35.5. The molecule has 1 aliphatic carbocycles. The molecule has 0 radical (unpaired) electrons. The van der Waals surface area contributed by atoms with E-state index in [0.29, 0.717) is 25.9 Å². The number of fused-ring (bicyclic) bond motifs is 1. The topological polar surface area (TPSA) is 71.7 Å². The molecule has 1 aliphatic rings. The van der Waals surface area contributed by atoms with Crippen molar-refractivity contribution in [2.45, 2.75) is 36.6 Å². The molecule has 0 saturated heterocycles. The molecule has 0 atom stereocenters. The number of aryl methyl sites for hydroxylation is 1. The van der Waals surface area contributed by atoms with Gasteiger partial charge in [-0.15, -0.1) is 0 Å². The van der Waals surface area contributed by atoms with Gasteiger partial charge in [-0.1, -0.05) is 47.4 Å². The second-order valence-electron chi connectivity index (χ2n) is 7.55. The maximum Gasteiger partial charge on any atom is 0.279 e. The second kappa shape index (κ2) is 8.67. The van der Waals surface area contributed by atoms with Crippen LogP contribution < -0.4 is 4.80 Å². The van der Waals surface area contributed by atoms with E-state index in [9.17, 15) is 13.2 Å². The molecular formula is C21H21Cl2N3O3S2. The first-order chi connectivity index (χ1) is 14.7. The minimum absolute atomic E-state index is 0.0367. The van der Waals surface area contributed by atoms with Crippen LogP contribution in [0.15, 0.2) is 46.3 Å². The fraction of sp³-hybridized carbons (Fsp3) is 0.333. The number of aromatic nitrogens is 1. The van der Waals surface area contributed by atoms with E-state index < -0.39 is 15.9 Å². The van der Waals surface area contributed by atoms with Gasteiger partial charge in [0, 0.05) is 25.7 Å². The first-order valence-electron chi connectivity index (χ1n) is 9.81. The van der Waals surface area contributed by atoms with Crippen LogP contribution in [0.1, 0.15) is 36.0 Å². The molecule has 0 aliphatic heterocycles. The van der Waals surface area contributed by atoms with Crippen LogP contribution >= 0.6 is 34.5 Å². The van der Waals surface area contributed by atoms with Crippen molar-refractivity contribution in [2.75, 3.05) is 7.05 Å². The summed E-state index contributed by atoms with van der Waals surface area (Å²) in [4.78, 5) is 17.6. The molecule has 0 N–H and O–H groups in total. The van der Waals surface area contributed by atoms with E-state index in [1.54, 1.807) is 24.7 Å². The minimum Gasteiger partial charge on any atom is -0.318 e. The number of thiazole rings is 1. The van der Waals surface area contributed by atoms with Crippen LogP contribution in [0.4, 0.5) is 0 Å². The molecule has 1 saturated carbocycles. The van der Waals surface area contributed by atoms with E-state index in [1.165, 1.54) is 39.9 Å². The normalized spacial score (nSPS) is 16.0. The summed E-state index contributed by atoms with van der Waals surface area (Å²) in [6, 6.07) is 9.50. The molecule has 31 heavy (non-hydrogen) atoms. The van der Waals surface area contributed by atoms with Gasteiger partial charge in [-0.25, -0.2) is 8.42 Å². The van der Waals surface area contributed by atoms with Crippen molar-refractivity contribution in [1.29, 1.82) is 0 Å². The lowest BCUT2D eigenvalue weighted by Crippen LogP contribution is -2.35. The third-order valence-electron chi connectivity index (χ3n) is 5.67. The van der Waals surface area contributed by atoms with Crippen LogP contribution in [0.2, 0.25) is 10.0 Å². The zero-order valence-electron chi connectivity index (χ0n) is 17.0. The van der Waals surface area contributed by atoms with Gasteiger partial charge in [0.25, 0.3) is 5.91 Å². The number of halogens is 2. The van der Waals surface area contributed by atoms with Gasteiger partial charge in [-0.3, -0.25) is 4.79 Å². The molecule has 3 aromatic rings. The van der Waals surface area contributed by atoms with Gasteiger partial charge in [0.05, 0.1) is 25.2 Å². The number of hydrogen-bond donors (Lipinski definition) is 0. The Balaban J connectivity index is 1.63. The fourth-order valence-electron chi connectivity index (χ4n) is 3.83. The molecule has 0 bridgehead atoms. The molecule has 2 aromatic carbocycles. The molecule has 1 amide bonds. The van der Waals surface area contributed by atoms with Crippen molar-refractivity contribution < 1.29 is 13.2 Å². The molecule has 1 heterocycles. The van der Waals surface area contributed by atoms with E-state index in [2.05, 4.69) is 4.99 Å². The van der Waals surface area contributed by atoms with E-state index in [0.717, 1.165) is 30.4 Å². The van der Waals surface area contributed by atoms with Gasteiger partial charge < -0.3 is 4.57 Å². The summed E-state index contributed by atoms with van der Waals surface area (Å²) in [5, 5.41) is 0.840. The van der Waals surface area contributed by atoms with Crippen molar-refractivity contribution in [3.8, 4) is 0 Å². The molecule has 0 spiro atoms. The van der Waals surface area contributed by atoms with Gasteiger partial charge >= 0.3 is 0 Å². The molecule has 0 unspecified atom stereocenters. The number of benzene rings is 2. The van der Waals surface area contributed by atoms with Crippen molar-refractivity contribution in [1.82, 2.24) is 8.87 Å². The van der Waals surface area contributed by atoms with Crippen molar-refractivity contribution in [2.24, 2.45) is 12.0 Å². The molecular weight excluding hydrogens is 477 g/mol. The van der Waals surface area contributed by atoms with Crippen molar-refractivity contribution in [3.05, 3.63) is 56.8 Å². The van der Waals surface area contributed by atoms with E-state index >= 15 is 0 Å². The van der Waals surface area contributed by atoms with Gasteiger partial charge in [-0.05, 0) is 49.2 Å². The minimum atomic E-state index is -3.59. The predicted molar refractivity (Wildman–Crippen MR) is 124 cm³/mol. The number of carbonyl (C=O) groups excluding carboxylic acids is 1. The maximum absolute atomic E-state index is 12.9. The van der Waals surface area contributed by atoms with Gasteiger partial charge in [0.1, 0.15) is 0 Å². The van der Waals surface area contributed by atoms with Gasteiger partial charge in [-0.2, -0.15) is 9.30 Å². The highest BCUT2D eigenvalue weighted by Gasteiger charge is 2.30. The summed E-state index contributed by atoms with van der Waals surface area (Å²) in [7, 11) is -0.205. The summed E-state index contributed by atoms with van der Waals surface area (Å²) in [6.07, 6.45) is 3.86. The molecule has 6 nitrogen and oxygen atoms in total. The predicted octanol–water partition coefficient (Wildman–Crippen LogP) is 4.85. The van der Waals surface area contributed by atoms with Crippen LogP contribution in [-0.2, 0) is 17.1 Å². The average Bonchev–Trinajstić information content (AvgIpc) is 3.39. The molecule has 10 heteroatoms. The van der Waals surface area contributed by atoms with Crippen LogP contribution in [0.3, 0.4) is 0 Å². The van der Waals surface area contributed by atoms with Gasteiger partial charge in [0.15, 0.2) is 4.80 Å².